The number of nitrogens with one attached hydrogen (secondary N) is 1. The van der Waals surface area contributed by atoms with Gasteiger partial charge in [-0.15, -0.1) is 0 Å². The molecule has 1 heterocycles. The average molecular weight is 382 g/mol. The SMILES string of the molecule is CCCOC(=O)c1cc(NC(=O)c2ccccc2C)ccc1N1CCOCC1. The number of rotatable bonds is 6. The average Bonchev–Trinajstić information content (AvgIpc) is 2.73. The van der Waals surface area contributed by atoms with Crippen LogP contribution < -0.4 is 10.2 Å². The molecular weight excluding hydrogens is 356 g/mol. The van der Waals surface area contributed by atoms with Crippen molar-refractivity contribution in [2.75, 3.05) is 43.1 Å². The molecule has 2 aromatic carbocycles. The lowest BCUT2D eigenvalue weighted by Gasteiger charge is -2.30. The molecule has 1 saturated heterocycles. The van der Waals surface area contributed by atoms with Crippen LogP contribution in [-0.4, -0.2) is 44.8 Å². The maximum absolute atomic E-state index is 12.6. The molecule has 1 fully saturated rings. The Morgan fingerprint density at radius 3 is 2.57 bits per heavy atom. The molecule has 0 aromatic heterocycles. The third kappa shape index (κ3) is 4.70. The van der Waals surface area contributed by atoms with Crippen molar-refractivity contribution in [1.82, 2.24) is 0 Å². The number of hydrogen-bond acceptors (Lipinski definition) is 5. The second kappa shape index (κ2) is 9.37. The summed E-state index contributed by atoms with van der Waals surface area (Å²) in [7, 11) is 0. The molecule has 0 saturated carbocycles. The Bertz CT molecular complexity index is 844. The molecule has 0 atom stereocenters. The van der Waals surface area contributed by atoms with Gasteiger partial charge in [0.05, 0.1) is 31.1 Å². The number of anilines is 2. The summed E-state index contributed by atoms with van der Waals surface area (Å²) in [6, 6.07) is 12.8. The van der Waals surface area contributed by atoms with Crippen LogP contribution in [0.2, 0.25) is 0 Å². The summed E-state index contributed by atoms with van der Waals surface area (Å²) >= 11 is 0. The van der Waals surface area contributed by atoms with Crippen LogP contribution in [0.25, 0.3) is 0 Å². The van der Waals surface area contributed by atoms with Gasteiger partial charge in [0.2, 0.25) is 0 Å². The highest BCUT2D eigenvalue weighted by atomic mass is 16.5. The summed E-state index contributed by atoms with van der Waals surface area (Å²) in [6.45, 7) is 6.87. The van der Waals surface area contributed by atoms with Crippen LogP contribution in [0.3, 0.4) is 0 Å². The Balaban J connectivity index is 1.87. The summed E-state index contributed by atoms with van der Waals surface area (Å²) in [5.74, 6) is -0.583. The first-order valence-electron chi connectivity index (χ1n) is 9.61. The smallest absolute Gasteiger partial charge is 0.340 e. The van der Waals surface area contributed by atoms with E-state index in [2.05, 4.69) is 10.2 Å². The first-order chi connectivity index (χ1) is 13.6. The van der Waals surface area contributed by atoms with E-state index in [0.29, 0.717) is 49.7 Å². The lowest BCUT2D eigenvalue weighted by Crippen LogP contribution is -2.37. The summed E-state index contributed by atoms with van der Waals surface area (Å²) in [4.78, 5) is 27.4. The van der Waals surface area contributed by atoms with Crippen molar-refractivity contribution in [3.8, 4) is 0 Å². The molecule has 0 radical (unpaired) electrons. The fraction of sp³-hybridized carbons (Fsp3) is 0.364. The van der Waals surface area contributed by atoms with E-state index in [1.54, 1.807) is 12.1 Å². The lowest BCUT2D eigenvalue weighted by molar-refractivity contribution is 0.0504. The Labute approximate surface area is 165 Å². The summed E-state index contributed by atoms with van der Waals surface area (Å²) in [5.41, 5.74) is 3.33. The molecular formula is C22H26N2O4. The maximum atomic E-state index is 12.6. The van der Waals surface area contributed by atoms with Gasteiger partial charge in [-0.25, -0.2) is 4.79 Å². The largest absolute Gasteiger partial charge is 0.462 e. The van der Waals surface area contributed by atoms with Gasteiger partial charge >= 0.3 is 5.97 Å². The monoisotopic (exact) mass is 382 g/mol. The maximum Gasteiger partial charge on any atom is 0.340 e. The van der Waals surface area contributed by atoms with Crippen LogP contribution in [0.4, 0.5) is 11.4 Å². The normalized spacial score (nSPS) is 13.9. The van der Waals surface area contributed by atoms with E-state index in [0.717, 1.165) is 17.7 Å². The Hall–Kier alpha value is -2.86. The summed E-state index contributed by atoms with van der Waals surface area (Å²) in [5, 5.41) is 2.89. The van der Waals surface area contributed by atoms with Gasteiger partial charge in [-0.3, -0.25) is 4.79 Å². The first kappa shape index (κ1) is 19.9. The molecule has 0 spiro atoms. The van der Waals surface area contributed by atoms with Crippen LogP contribution in [-0.2, 0) is 9.47 Å². The standard InChI is InChI=1S/C22H26N2O4/c1-3-12-28-22(26)19-15-17(8-9-20(19)24-10-13-27-14-11-24)23-21(25)18-7-5-4-6-16(18)2/h4-9,15H,3,10-14H2,1-2H3,(H,23,25). The van der Waals surface area contributed by atoms with E-state index < -0.39 is 0 Å². The number of nitrogens with zero attached hydrogens (tertiary/aromatic N) is 1. The number of morpholine rings is 1. The third-order valence-electron chi connectivity index (χ3n) is 4.65. The van der Waals surface area contributed by atoms with Crippen LogP contribution in [0, 0.1) is 6.92 Å². The van der Waals surface area contributed by atoms with Gasteiger partial charge < -0.3 is 19.7 Å². The number of carbonyl (C=O) groups excluding carboxylic acids is 2. The van der Waals surface area contributed by atoms with Crippen molar-refractivity contribution in [2.24, 2.45) is 0 Å². The van der Waals surface area contributed by atoms with Crippen molar-refractivity contribution in [2.45, 2.75) is 20.3 Å². The Morgan fingerprint density at radius 1 is 1.11 bits per heavy atom. The van der Waals surface area contributed by atoms with E-state index in [4.69, 9.17) is 9.47 Å². The van der Waals surface area contributed by atoms with Crippen LogP contribution in [0.15, 0.2) is 42.5 Å². The highest BCUT2D eigenvalue weighted by Gasteiger charge is 2.21. The van der Waals surface area contributed by atoms with Gasteiger partial charge in [0.15, 0.2) is 0 Å². The molecule has 148 valence electrons. The minimum absolute atomic E-state index is 0.204. The third-order valence-corrected chi connectivity index (χ3v) is 4.65. The molecule has 1 aliphatic heterocycles. The zero-order valence-electron chi connectivity index (χ0n) is 16.4. The number of ether oxygens (including phenoxy) is 2. The Morgan fingerprint density at radius 2 is 1.86 bits per heavy atom. The number of carbonyl (C=O) groups is 2. The predicted molar refractivity (Wildman–Crippen MR) is 109 cm³/mol. The number of hydrogen-bond donors (Lipinski definition) is 1. The lowest BCUT2D eigenvalue weighted by atomic mass is 10.1. The van der Waals surface area contributed by atoms with Gasteiger partial charge in [0, 0.05) is 24.3 Å². The molecule has 0 aliphatic carbocycles. The molecule has 0 bridgehead atoms. The first-order valence-corrected chi connectivity index (χ1v) is 9.61. The molecule has 1 N–H and O–H groups in total. The zero-order valence-corrected chi connectivity index (χ0v) is 16.4. The molecule has 28 heavy (non-hydrogen) atoms. The highest BCUT2D eigenvalue weighted by Crippen LogP contribution is 2.27. The molecule has 1 aliphatic rings. The van der Waals surface area contributed by atoms with Crippen molar-refractivity contribution in [3.05, 3.63) is 59.2 Å². The fourth-order valence-corrected chi connectivity index (χ4v) is 3.16. The number of esters is 1. The molecule has 3 rings (SSSR count). The zero-order chi connectivity index (χ0) is 19.9. The van der Waals surface area contributed by atoms with E-state index in [-0.39, 0.29) is 11.9 Å². The van der Waals surface area contributed by atoms with Gasteiger partial charge in [-0.2, -0.15) is 0 Å². The van der Waals surface area contributed by atoms with Crippen LogP contribution in [0.1, 0.15) is 39.6 Å². The molecule has 6 nitrogen and oxygen atoms in total. The predicted octanol–water partition coefficient (Wildman–Crippen LogP) is 3.65. The van der Waals surface area contributed by atoms with Gasteiger partial charge in [0.25, 0.3) is 5.91 Å². The van der Waals surface area contributed by atoms with Crippen molar-refractivity contribution < 1.29 is 19.1 Å². The number of benzene rings is 2. The molecule has 2 aromatic rings. The quantitative estimate of drug-likeness (QED) is 0.773. The summed E-state index contributed by atoms with van der Waals surface area (Å²) in [6.07, 6.45) is 0.752. The second-order valence-electron chi connectivity index (χ2n) is 6.74. The number of amides is 1. The topological polar surface area (TPSA) is 67.9 Å². The molecule has 1 amide bonds. The minimum Gasteiger partial charge on any atom is -0.462 e. The van der Waals surface area contributed by atoms with Gasteiger partial charge in [0.1, 0.15) is 0 Å². The highest BCUT2D eigenvalue weighted by molar-refractivity contribution is 6.06. The fourth-order valence-electron chi connectivity index (χ4n) is 3.16. The van der Waals surface area contributed by atoms with E-state index in [1.807, 2.05) is 44.2 Å². The van der Waals surface area contributed by atoms with Crippen LogP contribution >= 0.6 is 0 Å². The van der Waals surface area contributed by atoms with E-state index in [1.165, 1.54) is 0 Å². The van der Waals surface area contributed by atoms with Gasteiger partial charge in [-0.1, -0.05) is 25.1 Å². The van der Waals surface area contributed by atoms with E-state index >= 15 is 0 Å². The van der Waals surface area contributed by atoms with Crippen molar-refractivity contribution in [1.29, 1.82) is 0 Å². The molecule has 6 heteroatoms. The van der Waals surface area contributed by atoms with Gasteiger partial charge in [-0.05, 0) is 43.2 Å². The number of aryl methyl sites for hydroxylation is 1. The van der Waals surface area contributed by atoms with E-state index in [9.17, 15) is 9.59 Å². The van der Waals surface area contributed by atoms with Crippen molar-refractivity contribution >= 4 is 23.3 Å². The molecule has 0 unspecified atom stereocenters. The minimum atomic E-state index is -0.379. The van der Waals surface area contributed by atoms with Crippen molar-refractivity contribution in [3.63, 3.8) is 0 Å². The second-order valence-corrected chi connectivity index (χ2v) is 6.74. The summed E-state index contributed by atoms with van der Waals surface area (Å²) < 4.78 is 10.8. The van der Waals surface area contributed by atoms with Crippen LogP contribution in [0.5, 0.6) is 0 Å². The Kier molecular flexibility index (Phi) is 6.66.